The normalized spacial score (nSPS) is 13.0. The first-order valence-corrected chi connectivity index (χ1v) is 13.0. The van der Waals surface area contributed by atoms with Crippen LogP contribution in [0.15, 0.2) is 89.7 Å². The number of carboxylic acids is 1. The van der Waals surface area contributed by atoms with E-state index in [1.807, 2.05) is 53.2 Å². The van der Waals surface area contributed by atoms with Crippen LogP contribution in [0.4, 0.5) is 11.5 Å². The van der Waals surface area contributed by atoms with Crippen molar-refractivity contribution in [2.75, 3.05) is 32.7 Å². The average molecular weight is 556 g/mol. The standard InChI is InChI=1S/C29H29N5O3.C2H4O2/c1-20-27(26-6-4-5-16-33(26)28(20)22-9-13-24(37-3)14-10-22)32-25-18-31-34(29(25)30-15-17-35)19-21-7-11-23(36-2)12-8-21;1-2(3)4/h4-14,16,18,35H,15,17,19H2,1-3H3;1H3,(H,3,4). The Morgan fingerprint density at radius 1 is 1.05 bits per heavy atom. The van der Waals surface area contributed by atoms with Gasteiger partial charge in [0.2, 0.25) is 11.4 Å². The second-order valence-electron chi connectivity index (χ2n) is 9.14. The Balaban J connectivity index is 0.000000909. The first kappa shape index (κ1) is 29.0. The van der Waals surface area contributed by atoms with Gasteiger partial charge in [0.25, 0.3) is 0 Å². The largest absolute Gasteiger partial charge is 0.550 e. The predicted molar refractivity (Wildman–Crippen MR) is 154 cm³/mol. The topological polar surface area (TPSA) is 125 Å². The van der Waals surface area contributed by atoms with Crippen LogP contribution in [-0.4, -0.2) is 53.9 Å². The van der Waals surface area contributed by atoms with Gasteiger partial charge in [0.1, 0.15) is 22.9 Å². The van der Waals surface area contributed by atoms with Gasteiger partial charge in [-0.15, -0.1) is 0 Å². The number of anilines is 1. The molecule has 10 heteroatoms. The summed E-state index contributed by atoms with van der Waals surface area (Å²) in [4.78, 5) is 14.0. The molecule has 2 N–H and O–H groups in total. The van der Waals surface area contributed by atoms with E-state index in [4.69, 9.17) is 24.4 Å². The number of rotatable bonds is 9. The predicted octanol–water partition coefficient (Wildman–Crippen LogP) is 2.81. The highest BCUT2D eigenvalue weighted by Crippen LogP contribution is 2.31. The lowest BCUT2D eigenvalue weighted by Gasteiger charge is -2.11. The first-order chi connectivity index (χ1) is 19.9. The van der Waals surface area contributed by atoms with E-state index in [1.54, 1.807) is 20.4 Å². The molecule has 0 spiro atoms. The summed E-state index contributed by atoms with van der Waals surface area (Å²) < 4.78 is 14.7. The summed E-state index contributed by atoms with van der Waals surface area (Å²) >= 11 is 0. The summed E-state index contributed by atoms with van der Waals surface area (Å²) in [7, 11) is 3.32. The number of fused-ring (bicyclic) bond motifs is 1. The zero-order chi connectivity index (χ0) is 29.4. The molecular weight excluding hydrogens is 522 g/mol. The third-order valence-electron chi connectivity index (χ3n) is 6.37. The monoisotopic (exact) mass is 555 g/mol. The van der Waals surface area contributed by atoms with Crippen LogP contribution < -0.4 is 24.5 Å². The van der Waals surface area contributed by atoms with Crippen LogP contribution in [0.25, 0.3) is 5.70 Å². The molecule has 0 saturated carbocycles. The van der Waals surface area contributed by atoms with Crippen LogP contribution in [0.1, 0.15) is 30.7 Å². The van der Waals surface area contributed by atoms with Crippen molar-refractivity contribution in [3.05, 3.63) is 102 Å². The molecule has 0 unspecified atom stereocenters. The van der Waals surface area contributed by atoms with Gasteiger partial charge in [-0.3, -0.25) is 0 Å². The molecule has 0 amide bonds. The summed E-state index contributed by atoms with van der Waals surface area (Å²) in [6.07, 6.45) is 3.82. The number of ether oxygens (including phenoxy) is 2. The van der Waals surface area contributed by atoms with E-state index in [1.165, 1.54) is 0 Å². The molecule has 0 atom stereocenters. The molecule has 1 aliphatic heterocycles. The number of hydrogen-bond donors (Lipinski definition) is 2. The summed E-state index contributed by atoms with van der Waals surface area (Å²) in [6.45, 7) is 4.01. The molecule has 10 nitrogen and oxygen atoms in total. The number of aromatic nitrogens is 3. The third kappa shape index (κ3) is 6.79. The Hall–Kier alpha value is -4.96. The van der Waals surface area contributed by atoms with Crippen LogP contribution in [0.3, 0.4) is 0 Å². The third-order valence-corrected chi connectivity index (χ3v) is 6.37. The Bertz CT molecular complexity index is 1550. The summed E-state index contributed by atoms with van der Waals surface area (Å²) in [5.74, 6) is 1.30. The van der Waals surface area contributed by atoms with Gasteiger partial charge in [0, 0.05) is 30.2 Å². The van der Waals surface area contributed by atoms with Crippen molar-refractivity contribution >= 4 is 28.9 Å². The number of aliphatic imine (C=N–C) groups is 1. The van der Waals surface area contributed by atoms with E-state index < -0.39 is 5.97 Å². The Kier molecular flexibility index (Phi) is 9.49. The van der Waals surface area contributed by atoms with Crippen molar-refractivity contribution in [3.8, 4) is 11.5 Å². The molecule has 3 heterocycles. The van der Waals surface area contributed by atoms with Gasteiger partial charge in [-0.2, -0.15) is 9.67 Å². The molecular formula is C31H33N5O5. The second kappa shape index (κ2) is 13.4. The van der Waals surface area contributed by atoms with Gasteiger partial charge in [-0.25, -0.2) is 9.67 Å². The van der Waals surface area contributed by atoms with E-state index >= 15 is 0 Å². The van der Waals surface area contributed by atoms with E-state index in [9.17, 15) is 5.11 Å². The molecule has 0 saturated heterocycles. The van der Waals surface area contributed by atoms with Crippen molar-refractivity contribution in [2.45, 2.75) is 20.4 Å². The molecule has 212 valence electrons. The molecule has 1 aliphatic rings. The van der Waals surface area contributed by atoms with Crippen LogP contribution in [0.2, 0.25) is 0 Å². The van der Waals surface area contributed by atoms with Crippen LogP contribution >= 0.6 is 0 Å². The van der Waals surface area contributed by atoms with E-state index in [2.05, 4.69) is 46.3 Å². The molecule has 0 aliphatic carbocycles. The minimum absolute atomic E-state index is 0.00294. The summed E-state index contributed by atoms with van der Waals surface area (Å²) in [5, 5.41) is 26.3. The van der Waals surface area contributed by atoms with Crippen LogP contribution in [-0.2, 0) is 11.3 Å². The number of hydrogen-bond acceptors (Lipinski definition) is 8. The highest BCUT2D eigenvalue weighted by Gasteiger charge is 2.35. The smallest absolute Gasteiger partial charge is 0.237 e. The molecule has 0 bridgehead atoms. The number of aliphatic hydroxyl groups excluding tert-OH is 1. The zero-order valence-corrected chi connectivity index (χ0v) is 23.5. The Morgan fingerprint density at radius 2 is 1.68 bits per heavy atom. The van der Waals surface area contributed by atoms with Gasteiger partial charge in [0.05, 0.1) is 39.1 Å². The average Bonchev–Trinajstić information content (AvgIpc) is 3.49. The number of carbonyl (C=O) groups is 1. The van der Waals surface area contributed by atoms with Crippen LogP contribution in [0, 0.1) is 0 Å². The SMILES string of the molecule is CC(=O)[O-].COc1ccc(Cn2ncc(/N=C3\C(C)=C(c4ccc(OC)cc4)[n+]4ccccc43)c2NCCO)cc1. The molecule has 5 rings (SSSR count). The second-order valence-corrected chi connectivity index (χ2v) is 9.14. The zero-order valence-electron chi connectivity index (χ0n) is 23.5. The van der Waals surface area contributed by atoms with E-state index in [0.717, 1.165) is 58.0 Å². The minimum Gasteiger partial charge on any atom is -0.550 e. The van der Waals surface area contributed by atoms with E-state index in [-0.39, 0.29) is 6.61 Å². The highest BCUT2D eigenvalue weighted by molar-refractivity contribution is 6.17. The maximum atomic E-state index is 9.49. The molecule has 0 fully saturated rings. The fraction of sp³-hybridized carbons (Fsp3) is 0.226. The lowest BCUT2D eigenvalue weighted by molar-refractivity contribution is -0.577. The van der Waals surface area contributed by atoms with Gasteiger partial charge in [-0.1, -0.05) is 12.1 Å². The van der Waals surface area contributed by atoms with Crippen molar-refractivity contribution in [1.29, 1.82) is 0 Å². The van der Waals surface area contributed by atoms with Gasteiger partial charge in [0.15, 0.2) is 12.0 Å². The summed E-state index contributed by atoms with van der Waals surface area (Å²) in [6, 6.07) is 22.1. The minimum atomic E-state index is -1.08. The molecule has 4 aromatic rings. The van der Waals surface area contributed by atoms with Gasteiger partial charge < -0.3 is 29.8 Å². The van der Waals surface area contributed by atoms with Crippen molar-refractivity contribution in [1.82, 2.24) is 9.78 Å². The van der Waals surface area contributed by atoms with Gasteiger partial charge in [-0.05, 0) is 61.9 Å². The number of carboxylic acid groups (broad SMARTS) is 1. The van der Waals surface area contributed by atoms with Crippen molar-refractivity contribution in [3.63, 3.8) is 0 Å². The van der Waals surface area contributed by atoms with Crippen molar-refractivity contribution in [2.24, 2.45) is 4.99 Å². The maximum Gasteiger partial charge on any atom is 0.237 e. The highest BCUT2D eigenvalue weighted by atomic mass is 16.5. The molecule has 2 aromatic carbocycles. The maximum absolute atomic E-state index is 9.49. The van der Waals surface area contributed by atoms with E-state index in [0.29, 0.717) is 18.8 Å². The quantitative estimate of drug-likeness (QED) is 0.304. The lowest BCUT2D eigenvalue weighted by atomic mass is 10.1. The van der Waals surface area contributed by atoms with Gasteiger partial charge >= 0.3 is 0 Å². The Labute approximate surface area is 238 Å². The molecule has 2 aromatic heterocycles. The molecule has 41 heavy (non-hydrogen) atoms. The number of methoxy groups -OCH3 is 2. The number of pyridine rings is 1. The number of carbonyl (C=O) groups excluding carboxylic acids is 1. The number of nitrogens with one attached hydrogen (secondary N) is 1. The number of aliphatic carboxylic acids is 1. The number of nitrogens with zero attached hydrogens (tertiary/aromatic N) is 4. The first-order valence-electron chi connectivity index (χ1n) is 13.0. The fourth-order valence-corrected chi connectivity index (χ4v) is 4.52. The molecule has 0 radical (unpaired) electrons. The summed E-state index contributed by atoms with van der Waals surface area (Å²) in [5.41, 5.74) is 6.89. The fourth-order valence-electron chi connectivity index (χ4n) is 4.52. The number of allylic oxidation sites excluding steroid dienone is 1. The Morgan fingerprint density at radius 3 is 2.29 bits per heavy atom. The number of benzene rings is 2. The number of aliphatic hydroxyl groups is 1. The van der Waals surface area contributed by atoms with Crippen LogP contribution in [0.5, 0.6) is 11.5 Å². The lowest BCUT2D eigenvalue weighted by Crippen LogP contribution is -2.34. The van der Waals surface area contributed by atoms with Crippen molar-refractivity contribution < 1.29 is 29.0 Å².